The molecule has 86 valence electrons. The zero-order chi connectivity index (χ0) is 11.4. The molecular weight excluding hydrogens is 264 g/mol. The number of rotatable bonds is 2. The highest BCUT2D eigenvalue weighted by Gasteiger charge is 2.36. The van der Waals surface area contributed by atoms with Crippen LogP contribution in [0.4, 0.5) is 0 Å². The van der Waals surface area contributed by atoms with Crippen molar-refractivity contribution in [3.05, 3.63) is 0 Å². The van der Waals surface area contributed by atoms with Gasteiger partial charge in [0.2, 0.25) is 0 Å². The summed E-state index contributed by atoms with van der Waals surface area (Å²) in [4.78, 5) is 21.8. The van der Waals surface area contributed by atoms with E-state index in [1.165, 1.54) is 13.8 Å². The van der Waals surface area contributed by atoms with E-state index in [0.29, 0.717) is 0 Å². The molecule has 1 fully saturated rings. The van der Waals surface area contributed by atoms with E-state index in [0.717, 1.165) is 19.3 Å². The van der Waals surface area contributed by atoms with Crippen LogP contribution in [0.25, 0.3) is 0 Å². The first-order valence-electron chi connectivity index (χ1n) is 4.99. The molecule has 0 amide bonds. The zero-order valence-electron chi connectivity index (χ0n) is 8.86. The molecule has 15 heavy (non-hydrogen) atoms. The molecule has 1 saturated carbocycles. The Balaban J connectivity index is 2.63. The Labute approximate surface area is 97.4 Å². The molecule has 0 aromatic rings. The number of esters is 2. The maximum absolute atomic E-state index is 10.9. The molecule has 0 aromatic carbocycles. The summed E-state index contributed by atoms with van der Waals surface area (Å²) in [6, 6.07) is 0. The molecule has 0 unspecified atom stereocenters. The van der Waals surface area contributed by atoms with Gasteiger partial charge in [-0.15, -0.1) is 0 Å². The van der Waals surface area contributed by atoms with E-state index >= 15 is 0 Å². The fraction of sp³-hybridized carbons (Fsp3) is 0.800. The quantitative estimate of drug-likeness (QED) is 0.571. The van der Waals surface area contributed by atoms with Gasteiger partial charge in [-0.2, -0.15) is 0 Å². The fourth-order valence-electron chi connectivity index (χ4n) is 1.76. The smallest absolute Gasteiger partial charge is 0.303 e. The molecule has 4 nitrogen and oxygen atoms in total. The van der Waals surface area contributed by atoms with E-state index in [-0.39, 0.29) is 29.0 Å². The number of ether oxygens (including phenoxy) is 2. The minimum absolute atomic E-state index is 0.0690. The molecule has 1 rings (SSSR count). The lowest BCUT2D eigenvalue weighted by molar-refractivity contribution is -0.167. The maximum Gasteiger partial charge on any atom is 0.303 e. The van der Waals surface area contributed by atoms with Crippen molar-refractivity contribution >= 4 is 27.9 Å². The average molecular weight is 279 g/mol. The molecular formula is C10H15BrO4. The Hall–Kier alpha value is -0.580. The van der Waals surface area contributed by atoms with Crippen LogP contribution in [0.3, 0.4) is 0 Å². The summed E-state index contributed by atoms with van der Waals surface area (Å²) in [5, 5.41) is 0. The molecule has 0 aliphatic heterocycles. The second kappa shape index (κ2) is 5.49. The third-order valence-electron chi connectivity index (χ3n) is 2.31. The van der Waals surface area contributed by atoms with E-state index in [1.54, 1.807) is 0 Å². The van der Waals surface area contributed by atoms with Crippen molar-refractivity contribution < 1.29 is 19.1 Å². The van der Waals surface area contributed by atoms with E-state index in [4.69, 9.17) is 9.47 Å². The van der Waals surface area contributed by atoms with Crippen molar-refractivity contribution in [1.29, 1.82) is 0 Å². The van der Waals surface area contributed by atoms with Crippen LogP contribution < -0.4 is 0 Å². The summed E-state index contributed by atoms with van der Waals surface area (Å²) in [5.74, 6) is -0.678. The number of alkyl halides is 1. The van der Waals surface area contributed by atoms with E-state index < -0.39 is 0 Å². The van der Waals surface area contributed by atoms with Gasteiger partial charge >= 0.3 is 11.9 Å². The summed E-state index contributed by atoms with van der Waals surface area (Å²) in [6.07, 6.45) is 1.96. The van der Waals surface area contributed by atoms with Gasteiger partial charge in [0.1, 0.15) is 6.10 Å². The predicted molar refractivity (Wildman–Crippen MR) is 57.7 cm³/mol. The zero-order valence-corrected chi connectivity index (χ0v) is 10.5. The van der Waals surface area contributed by atoms with Crippen LogP contribution in [-0.4, -0.2) is 29.0 Å². The Morgan fingerprint density at radius 3 is 2.27 bits per heavy atom. The van der Waals surface area contributed by atoms with Crippen LogP contribution in [0.2, 0.25) is 0 Å². The Bertz CT molecular complexity index is 254. The third-order valence-corrected chi connectivity index (χ3v) is 3.29. The van der Waals surface area contributed by atoms with Crippen LogP contribution in [0, 0.1) is 0 Å². The molecule has 1 aliphatic rings. The summed E-state index contributed by atoms with van der Waals surface area (Å²) in [6.45, 7) is 2.72. The van der Waals surface area contributed by atoms with Crippen molar-refractivity contribution in [3.63, 3.8) is 0 Å². The minimum Gasteiger partial charge on any atom is -0.459 e. The standard InChI is InChI=1S/C10H15BrO4/c1-6(12)14-9-5-3-4-8(11)10(9)15-7(2)13/h8-10H,3-5H2,1-2H3/t8-,9+,10+/m0/s1. The Morgan fingerprint density at radius 1 is 1.13 bits per heavy atom. The van der Waals surface area contributed by atoms with E-state index in [9.17, 15) is 9.59 Å². The highest BCUT2D eigenvalue weighted by Crippen LogP contribution is 2.29. The minimum atomic E-state index is -0.361. The van der Waals surface area contributed by atoms with Gasteiger partial charge in [0.15, 0.2) is 6.10 Å². The molecule has 0 radical (unpaired) electrons. The molecule has 3 atom stereocenters. The second-order valence-corrected chi connectivity index (χ2v) is 4.84. The topological polar surface area (TPSA) is 52.6 Å². The summed E-state index contributed by atoms with van der Waals surface area (Å²) in [7, 11) is 0. The van der Waals surface area contributed by atoms with Gasteiger partial charge in [0, 0.05) is 13.8 Å². The fourth-order valence-corrected chi connectivity index (χ4v) is 2.53. The SMILES string of the molecule is CC(=O)O[C@@H]1[C@@H](Br)CCC[C@H]1OC(C)=O. The summed E-state index contributed by atoms with van der Waals surface area (Å²) >= 11 is 3.45. The lowest BCUT2D eigenvalue weighted by atomic mass is 9.94. The first-order valence-corrected chi connectivity index (χ1v) is 5.90. The van der Waals surface area contributed by atoms with Gasteiger partial charge in [-0.25, -0.2) is 0 Å². The molecule has 0 spiro atoms. The van der Waals surface area contributed by atoms with Crippen LogP contribution in [0.15, 0.2) is 0 Å². The lowest BCUT2D eigenvalue weighted by Crippen LogP contribution is -2.43. The van der Waals surface area contributed by atoms with Crippen molar-refractivity contribution in [1.82, 2.24) is 0 Å². The van der Waals surface area contributed by atoms with Gasteiger partial charge in [-0.05, 0) is 19.3 Å². The molecule has 0 heterocycles. The largest absolute Gasteiger partial charge is 0.459 e. The number of hydrogen-bond donors (Lipinski definition) is 0. The van der Waals surface area contributed by atoms with E-state index in [2.05, 4.69) is 15.9 Å². The number of halogens is 1. The van der Waals surface area contributed by atoms with Crippen molar-refractivity contribution in [2.24, 2.45) is 0 Å². The number of carbonyl (C=O) groups excluding carboxylic acids is 2. The van der Waals surface area contributed by atoms with Crippen LogP contribution >= 0.6 is 15.9 Å². The highest BCUT2D eigenvalue weighted by molar-refractivity contribution is 9.09. The van der Waals surface area contributed by atoms with Gasteiger partial charge in [-0.3, -0.25) is 9.59 Å². The van der Waals surface area contributed by atoms with Gasteiger partial charge in [0.25, 0.3) is 0 Å². The van der Waals surface area contributed by atoms with Crippen molar-refractivity contribution in [3.8, 4) is 0 Å². The Kier molecular flexibility index (Phi) is 4.57. The molecule has 0 N–H and O–H groups in total. The third kappa shape index (κ3) is 3.81. The summed E-state index contributed by atoms with van der Waals surface area (Å²) < 4.78 is 10.3. The van der Waals surface area contributed by atoms with Crippen molar-refractivity contribution in [2.75, 3.05) is 0 Å². The molecule has 0 saturated heterocycles. The second-order valence-electron chi connectivity index (χ2n) is 3.67. The first-order chi connectivity index (χ1) is 7.00. The Morgan fingerprint density at radius 2 is 1.73 bits per heavy atom. The van der Waals surface area contributed by atoms with Gasteiger partial charge < -0.3 is 9.47 Å². The van der Waals surface area contributed by atoms with E-state index in [1.807, 2.05) is 0 Å². The number of hydrogen-bond acceptors (Lipinski definition) is 4. The van der Waals surface area contributed by atoms with Gasteiger partial charge in [-0.1, -0.05) is 15.9 Å². The lowest BCUT2D eigenvalue weighted by Gasteiger charge is -2.33. The first kappa shape index (κ1) is 12.5. The molecule has 5 heteroatoms. The molecule has 1 aliphatic carbocycles. The maximum atomic E-state index is 10.9. The van der Waals surface area contributed by atoms with Crippen molar-refractivity contribution in [2.45, 2.75) is 50.1 Å². The average Bonchev–Trinajstić information content (AvgIpc) is 2.09. The van der Waals surface area contributed by atoms with Crippen LogP contribution in [0.1, 0.15) is 33.1 Å². The normalized spacial score (nSPS) is 30.7. The molecule has 0 bridgehead atoms. The highest BCUT2D eigenvalue weighted by atomic mass is 79.9. The van der Waals surface area contributed by atoms with Gasteiger partial charge in [0.05, 0.1) is 4.83 Å². The number of carbonyl (C=O) groups is 2. The predicted octanol–water partition coefficient (Wildman–Crippen LogP) is 1.80. The molecule has 0 aromatic heterocycles. The summed E-state index contributed by atoms with van der Waals surface area (Å²) in [5.41, 5.74) is 0. The van der Waals surface area contributed by atoms with Crippen LogP contribution in [-0.2, 0) is 19.1 Å². The van der Waals surface area contributed by atoms with Crippen LogP contribution in [0.5, 0.6) is 0 Å². The monoisotopic (exact) mass is 278 g/mol.